The molecule has 9 heteroatoms. The molecule has 0 aliphatic carbocycles. The fraction of sp³-hybridized carbons (Fsp3) is 0.682. The Hall–Kier alpha value is -1.84. The molecule has 0 radical (unpaired) electrons. The zero-order valence-corrected chi connectivity index (χ0v) is 19.8. The standard InChI is InChI=1S/C22H36N4O4S/c1-16(2)21-15-26(13-14-30-21)20-7-5-18(6-8-20)23-22(27)25-11-9-19(10-12-25)24-31(28,29)17(3)4/h5-8,16-17,19,21,24H,9-15H2,1-4H3,(H,23,27)/t21-/m0/s1. The fourth-order valence-electron chi connectivity index (χ4n) is 3.84. The van der Waals surface area contributed by atoms with Crippen molar-refractivity contribution in [3.05, 3.63) is 24.3 Å². The molecule has 0 saturated carbocycles. The summed E-state index contributed by atoms with van der Waals surface area (Å²) in [4.78, 5) is 16.7. The number of nitrogens with one attached hydrogen (secondary N) is 2. The molecular weight excluding hydrogens is 416 g/mol. The van der Waals surface area contributed by atoms with Gasteiger partial charge in [0, 0.05) is 43.6 Å². The molecular formula is C22H36N4O4S. The largest absolute Gasteiger partial charge is 0.374 e. The smallest absolute Gasteiger partial charge is 0.321 e. The van der Waals surface area contributed by atoms with Crippen molar-refractivity contribution in [2.45, 2.75) is 57.9 Å². The van der Waals surface area contributed by atoms with Crippen molar-refractivity contribution < 1.29 is 17.9 Å². The van der Waals surface area contributed by atoms with Crippen LogP contribution < -0.4 is 14.9 Å². The molecule has 0 unspecified atom stereocenters. The Labute approximate surface area is 186 Å². The van der Waals surface area contributed by atoms with Gasteiger partial charge in [-0.05, 0) is 56.9 Å². The number of carbonyl (C=O) groups is 1. The van der Waals surface area contributed by atoms with E-state index in [4.69, 9.17) is 4.74 Å². The van der Waals surface area contributed by atoms with Crippen molar-refractivity contribution >= 4 is 27.4 Å². The molecule has 1 aromatic carbocycles. The number of morpholine rings is 1. The Morgan fingerprint density at radius 2 is 1.71 bits per heavy atom. The van der Waals surface area contributed by atoms with Gasteiger partial charge in [-0.15, -0.1) is 0 Å². The minimum absolute atomic E-state index is 0.112. The quantitative estimate of drug-likeness (QED) is 0.693. The number of piperidine rings is 1. The lowest BCUT2D eigenvalue weighted by Gasteiger charge is -2.36. The van der Waals surface area contributed by atoms with Crippen LogP contribution in [0.1, 0.15) is 40.5 Å². The van der Waals surface area contributed by atoms with Crippen molar-refractivity contribution in [2.75, 3.05) is 43.0 Å². The van der Waals surface area contributed by atoms with Crippen LogP contribution in [0, 0.1) is 5.92 Å². The third-order valence-corrected chi connectivity index (χ3v) is 7.96. The zero-order chi connectivity index (χ0) is 22.6. The molecule has 0 spiro atoms. The van der Waals surface area contributed by atoms with Crippen LogP contribution in [0.2, 0.25) is 0 Å². The number of benzene rings is 1. The average molecular weight is 453 g/mol. The van der Waals surface area contributed by atoms with Crippen LogP contribution in [0.3, 0.4) is 0 Å². The molecule has 174 valence electrons. The first-order chi connectivity index (χ1) is 14.7. The maximum absolute atomic E-state index is 12.6. The molecule has 0 bridgehead atoms. The Morgan fingerprint density at radius 3 is 2.29 bits per heavy atom. The van der Waals surface area contributed by atoms with Crippen molar-refractivity contribution in [2.24, 2.45) is 5.92 Å². The highest BCUT2D eigenvalue weighted by atomic mass is 32.2. The Morgan fingerprint density at radius 1 is 1.06 bits per heavy atom. The fourth-order valence-corrected chi connectivity index (χ4v) is 4.81. The molecule has 31 heavy (non-hydrogen) atoms. The van der Waals surface area contributed by atoms with Crippen LogP contribution in [-0.2, 0) is 14.8 Å². The van der Waals surface area contributed by atoms with Gasteiger partial charge in [0.1, 0.15) is 0 Å². The van der Waals surface area contributed by atoms with Crippen LogP contribution in [0.5, 0.6) is 0 Å². The monoisotopic (exact) mass is 452 g/mol. The number of likely N-dealkylation sites (tertiary alicyclic amines) is 1. The number of anilines is 2. The van der Waals surface area contributed by atoms with E-state index >= 15 is 0 Å². The second-order valence-electron chi connectivity index (χ2n) is 9.05. The molecule has 2 saturated heterocycles. The summed E-state index contributed by atoms with van der Waals surface area (Å²) in [6.45, 7) is 11.2. The Bertz CT molecular complexity index is 834. The molecule has 2 heterocycles. The van der Waals surface area contributed by atoms with Gasteiger partial charge in [0.15, 0.2) is 0 Å². The molecule has 1 atom stereocenters. The Kier molecular flexibility index (Phi) is 7.82. The summed E-state index contributed by atoms with van der Waals surface area (Å²) in [5, 5.41) is 2.50. The number of nitrogens with zero attached hydrogens (tertiary/aromatic N) is 2. The lowest BCUT2D eigenvalue weighted by Crippen LogP contribution is -2.48. The number of urea groups is 1. The predicted molar refractivity (Wildman–Crippen MR) is 124 cm³/mol. The highest BCUT2D eigenvalue weighted by Crippen LogP contribution is 2.23. The van der Waals surface area contributed by atoms with E-state index < -0.39 is 15.3 Å². The molecule has 2 fully saturated rings. The topological polar surface area (TPSA) is 91.0 Å². The van der Waals surface area contributed by atoms with E-state index in [-0.39, 0.29) is 18.2 Å². The van der Waals surface area contributed by atoms with E-state index in [0.29, 0.717) is 31.8 Å². The van der Waals surface area contributed by atoms with Gasteiger partial charge in [0.05, 0.1) is 18.0 Å². The molecule has 8 nitrogen and oxygen atoms in total. The van der Waals surface area contributed by atoms with Gasteiger partial charge < -0.3 is 19.9 Å². The van der Waals surface area contributed by atoms with Gasteiger partial charge in [-0.25, -0.2) is 17.9 Å². The highest BCUT2D eigenvalue weighted by Gasteiger charge is 2.27. The van der Waals surface area contributed by atoms with E-state index in [1.54, 1.807) is 18.7 Å². The van der Waals surface area contributed by atoms with E-state index in [1.807, 2.05) is 24.3 Å². The first kappa shape index (κ1) is 23.8. The lowest BCUT2D eigenvalue weighted by atomic mass is 10.1. The zero-order valence-electron chi connectivity index (χ0n) is 19.0. The predicted octanol–water partition coefficient (Wildman–Crippen LogP) is 2.87. The third kappa shape index (κ3) is 6.33. The van der Waals surface area contributed by atoms with Crippen LogP contribution in [0.4, 0.5) is 16.2 Å². The van der Waals surface area contributed by atoms with Crippen LogP contribution in [0.25, 0.3) is 0 Å². The second kappa shape index (κ2) is 10.2. The minimum atomic E-state index is -3.29. The van der Waals surface area contributed by atoms with Crippen LogP contribution >= 0.6 is 0 Å². The number of amides is 2. The number of carbonyl (C=O) groups excluding carboxylic acids is 1. The van der Waals surface area contributed by atoms with Crippen LogP contribution in [-0.4, -0.2) is 69.5 Å². The molecule has 2 aliphatic rings. The third-order valence-electron chi connectivity index (χ3n) is 6.05. The Balaban J connectivity index is 1.49. The minimum Gasteiger partial charge on any atom is -0.374 e. The number of sulfonamides is 1. The van der Waals surface area contributed by atoms with E-state index in [9.17, 15) is 13.2 Å². The normalized spacial score (nSPS) is 21.0. The number of ether oxygens (including phenoxy) is 1. The van der Waals surface area contributed by atoms with E-state index in [2.05, 4.69) is 28.8 Å². The second-order valence-corrected chi connectivity index (χ2v) is 11.3. The summed E-state index contributed by atoms with van der Waals surface area (Å²) in [5.74, 6) is 0.478. The highest BCUT2D eigenvalue weighted by molar-refractivity contribution is 7.90. The van der Waals surface area contributed by atoms with Gasteiger partial charge in [-0.2, -0.15) is 0 Å². The number of hydrogen-bond acceptors (Lipinski definition) is 5. The first-order valence-corrected chi connectivity index (χ1v) is 12.7. The summed E-state index contributed by atoms with van der Waals surface area (Å²) < 4.78 is 32.7. The summed E-state index contributed by atoms with van der Waals surface area (Å²) in [6.07, 6.45) is 1.47. The molecule has 1 aromatic rings. The summed E-state index contributed by atoms with van der Waals surface area (Å²) in [5.41, 5.74) is 1.88. The number of hydrogen-bond donors (Lipinski definition) is 2. The summed E-state index contributed by atoms with van der Waals surface area (Å²) >= 11 is 0. The van der Waals surface area contributed by atoms with Crippen molar-refractivity contribution in [3.63, 3.8) is 0 Å². The molecule has 2 N–H and O–H groups in total. The van der Waals surface area contributed by atoms with Gasteiger partial charge in [-0.1, -0.05) is 13.8 Å². The van der Waals surface area contributed by atoms with Crippen LogP contribution in [0.15, 0.2) is 24.3 Å². The molecule has 0 aromatic heterocycles. The van der Waals surface area contributed by atoms with Gasteiger partial charge in [0.25, 0.3) is 0 Å². The van der Waals surface area contributed by atoms with Crippen molar-refractivity contribution in [3.8, 4) is 0 Å². The molecule has 3 rings (SSSR count). The van der Waals surface area contributed by atoms with E-state index in [0.717, 1.165) is 31.1 Å². The SMILES string of the molecule is CC(C)[C@@H]1CN(c2ccc(NC(=O)N3CCC(NS(=O)(=O)C(C)C)CC3)cc2)CCO1. The molecule has 2 amide bonds. The summed E-state index contributed by atoms with van der Waals surface area (Å²) in [6, 6.07) is 7.66. The first-order valence-electron chi connectivity index (χ1n) is 11.2. The maximum Gasteiger partial charge on any atom is 0.321 e. The van der Waals surface area contributed by atoms with Gasteiger partial charge >= 0.3 is 6.03 Å². The lowest BCUT2D eigenvalue weighted by molar-refractivity contribution is 0.0114. The summed E-state index contributed by atoms with van der Waals surface area (Å²) in [7, 11) is -3.29. The number of rotatable bonds is 6. The van der Waals surface area contributed by atoms with Gasteiger partial charge in [0.2, 0.25) is 10.0 Å². The van der Waals surface area contributed by atoms with Crippen molar-refractivity contribution in [1.82, 2.24) is 9.62 Å². The van der Waals surface area contributed by atoms with E-state index in [1.165, 1.54) is 0 Å². The van der Waals surface area contributed by atoms with Gasteiger partial charge in [-0.3, -0.25) is 0 Å². The maximum atomic E-state index is 12.6. The molecule has 2 aliphatic heterocycles. The average Bonchev–Trinajstić information content (AvgIpc) is 2.74. The van der Waals surface area contributed by atoms with Crippen molar-refractivity contribution in [1.29, 1.82) is 0 Å².